The zero-order chi connectivity index (χ0) is 8.60. The summed E-state index contributed by atoms with van der Waals surface area (Å²) in [6, 6.07) is 2.49. The van der Waals surface area contributed by atoms with Crippen LogP contribution in [0.25, 0.3) is 0 Å². The molecule has 0 N–H and O–H groups in total. The molecule has 12 heavy (non-hydrogen) atoms. The number of nitriles is 1. The molecule has 62 valence electrons. The Morgan fingerprint density at radius 1 is 1.67 bits per heavy atom. The largest absolute Gasteiger partial charge is 0.198 e. The van der Waals surface area contributed by atoms with Gasteiger partial charge in [-0.1, -0.05) is 18.2 Å². The highest BCUT2D eigenvalue weighted by Crippen LogP contribution is 2.53. The van der Waals surface area contributed by atoms with E-state index >= 15 is 0 Å². The van der Waals surface area contributed by atoms with E-state index in [0.29, 0.717) is 11.8 Å². The Bertz CT molecular complexity index is 271. The molecule has 2 aliphatic rings. The second kappa shape index (κ2) is 2.48. The molecule has 1 saturated carbocycles. The van der Waals surface area contributed by atoms with Crippen molar-refractivity contribution in [1.82, 2.24) is 0 Å². The first-order valence-electron chi connectivity index (χ1n) is 4.51. The monoisotopic (exact) mass is 159 g/mol. The molecule has 0 amide bonds. The van der Waals surface area contributed by atoms with Crippen LogP contribution in [0, 0.1) is 28.6 Å². The van der Waals surface area contributed by atoms with Gasteiger partial charge in [-0.25, -0.2) is 0 Å². The van der Waals surface area contributed by atoms with Gasteiger partial charge in [0.15, 0.2) is 0 Å². The minimum absolute atomic E-state index is 0.0961. The second-order valence-corrected chi connectivity index (χ2v) is 3.95. The number of hydrogen-bond acceptors (Lipinski definition) is 1. The summed E-state index contributed by atoms with van der Waals surface area (Å²) in [7, 11) is 0. The van der Waals surface area contributed by atoms with E-state index in [1.165, 1.54) is 6.42 Å². The van der Waals surface area contributed by atoms with Gasteiger partial charge in [0.05, 0.1) is 11.5 Å². The summed E-state index contributed by atoms with van der Waals surface area (Å²) in [5, 5.41) is 9.14. The highest BCUT2D eigenvalue weighted by molar-refractivity contribution is 5.23. The molecule has 0 aromatic carbocycles. The molecule has 0 unspecified atom stereocenters. The summed E-state index contributed by atoms with van der Waals surface area (Å²) < 4.78 is 0. The van der Waals surface area contributed by atoms with E-state index in [1.807, 2.05) is 6.08 Å². The predicted molar refractivity (Wildman–Crippen MR) is 48.2 cm³/mol. The maximum atomic E-state index is 9.14. The van der Waals surface area contributed by atoms with E-state index in [-0.39, 0.29) is 5.41 Å². The molecule has 0 radical (unpaired) electrons. The zero-order valence-corrected chi connectivity index (χ0v) is 7.16. The minimum Gasteiger partial charge on any atom is -0.198 e. The quantitative estimate of drug-likeness (QED) is 0.568. The van der Waals surface area contributed by atoms with Gasteiger partial charge >= 0.3 is 0 Å². The van der Waals surface area contributed by atoms with Crippen molar-refractivity contribution in [3.63, 3.8) is 0 Å². The van der Waals surface area contributed by atoms with Gasteiger partial charge in [0.2, 0.25) is 0 Å². The summed E-state index contributed by atoms with van der Waals surface area (Å²) in [6.07, 6.45) is 9.48. The highest BCUT2D eigenvalue weighted by atomic mass is 14.5. The second-order valence-electron chi connectivity index (χ2n) is 3.95. The Hall–Kier alpha value is -1.03. The zero-order valence-electron chi connectivity index (χ0n) is 7.16. The lowest BCUT2D eigenvalue weighted by Gasteiger charge is -2.26. The summed E-state index contributed by atoms with van der Waals surface area (Å²) in [6.45, 7) is 3.73. The molecule has 0 saturated heterocycles. The van der Waals surface area contributed by atoms with Gasteiger partial charge in [-0.05, 0) is 31.1 Å². The van der Waals surface area contributed by atoms with Crippen molar-refractivity contribution in [2.75, 3.05) is 0 Å². The summed E-state index contributed by atoms with van der Waals surface area (Å²) in [5.41, 5.74) is -0.0961. The van der Waals surface area contributed by atoms with Gasteiger partial charge in [-0.15, -0.1) is 6.58 Å². The lowest BCUT2D eigenvalue weighted by atomic mass is 9.74. The molecule has 0 aliphatic heterocycles. The average molecular weight is 159 g/mol. The van der Waals surface area contributed by atoms with Crippen LogP contribution in [0.3, 0.4) is 0 Å². The van der Waals surface area contributed by atoms with Crippen LogP contribution in [-0.2, 0) is 0 Å². The van der Waals surface area contributed by atoms with E-state index in [2.05, 4.69) is 24.8 Å². The molecule has 1 fully saturated rings. The van der Waals surface area contributed by atoms with Crippen LogP contribution < -0.4 is 0 Å². The number of allylic oxidation sites excluding steroid dienone is 3. The van der Waals surface area contributed by atoms with Crippen LogP contribution in [-0.4, -0.2) is 0 Å². The van der Waals surface area contributed by atoms with Crippen LogP contribution in [0.2, 0.25) is 0 Å². The lowest BCUT2D eigenvalue weighted by molar-refractivity contribution is 0.331. The standard InChI is InChI=1S/C11H13N/c1-2-5-11(8-12)7-9-3-4-10(11)6-9/h2-4,9-10H,1,5-7H2/t9-,10-,11+/m0/s1. The number of rotatable bonds is 2. The molecular weight excluding hydrogens is 146 g/mol. The Labute approximate surface area is 73.4 Å². The summed E-state index contributed by atoms with van der Waals surface area (Å²) >= 11 is 0. The van der Waals surface area contributed by atoms with Gasteiger partial charge < -0.3 is 0 Å². The molecule has 0 heterocycles. The maximum Gasteiger partial charge on any atom is 0.0699 e. The van der Waals surface area contributed by atoms with Gasteiger partial charge in [0.25, 0.3) is 0 Å². The molecule has 3 atom stereocenters. The van der Waals surface area contributed by atoms with Crippen LogP contribution >= 0.6 is 0 Å². The minimum atomic E-state index is -0.0961. The van der Waals surface area contributed by atoms with Crippen molar-refractivity contribution in [1.29, 1.82) is 5.26 Å². The van der Waals surface area contributed by atoms with Crippen LogP contribution in [0.4, 0.5) is 0 Å². The molecule has 0 aromatic heterocycles. The Kier molecular flexibility index (Phi) is 1.58. The third-order valence-corrected chi connectivity index (χ3v) is 3.24. The molecule has 2 aliphatic carbocycles. The first kappa shape index (κ1) is 7.61. The van der Waals surface area contributed by atoms with Gasteiger partial charge in [-0.3, -0.25) is 0 Å². The van der Waals surface area contributed by atoms with Crippen LogP contribution in [0.1, 0.15) is 19.3 Å². The topological polar surface area (TPSA) is 23.8 Å². The fourth-order valence-electron chi connectivity index (χ4n) is 2.62. The normalized spacial score (nSPS) is 42.9. The van der Waals surface area contributed by atoms with Crippen LogP contribution in [0.5, 0.6) is 0 Å². The molecule has 1 nitrogen and oxygen atoms in total. The van der Waals surface area contributed by atoms with Crippen molar-refractivity contribution in [2.24, 2.45) is 17.3 Å². The molecular formula is C11H13N. The number of fused-ring (bicyclic) bond motifs is 2. The van der Waals surface area contributed by atoms with Crippen molar-refractivity contribution in [3.05, 3.63) is 24.8 Å². The van der Waals surface area contributed by atoms with E-state index in [9.17, 15) is 0 Å². The fraction of sp³-hybridized carbons (Fsp3) is 0.545. The first-order chi connectivity index (χ1) is 5.80. The van der Waals surface area contributed by atoms with Crippen molar-refractivity contribution in [3.8, 4) is 6.07 Å². The number of hydrogen-bond donors (Lipinski definition) is 0. The predicted octanol–water partition coefficient (Wildman–Crippen LogP) is 2.67. The first-order valence-corrected chi connectivity index (χ1v) is 4.51. The lowest BCUT2D eigenvalue weighted by Crippen LogP contribution is -2.22. The van der Waals surface area contributed by atoms with Gasteiger partial charge in [-0.2, -0.15) is 5.26 Å². The van der Waals surface area contributed by atoms with Crippen molar-refractivity contribution in [2.45, 2.75) is 19.3 Å². The Morgan fingerprint density at radius 3 is 2.92 bits per heavy atom. The van der Waals surface area contributed by atoms with E-state index in [0.717, 1.165) is 12.8 Å². The number of nitrogens with zero attached hydrogens (tertiary/aromatic N) is 1. The van der Waals surface area contributed by atoms with E-state index < -0.39 is 0 Å². The molecule has 0 spiro atoms. The molecule has 0 aromatic rings. The van der Waals surface area contributed by atoms with E-state index in [4.69, 9.17) is 5.26 Å². The SMILES string of the molecule is C=CC[C@]1(C#N)C[C@H]2C=C[C@H]1C2. The van der Waals surface area contributed by atoms with Crippen molar-refractivity contribution < 1.29 is 0 Å². The summed E-state index contributed by atoms with van der Waals surface area (Å²) in [4.78, 5) is 0. The maximum absolute atomic E-state index is 9.14. The third-order valence-electron chi connectivity index (χ3n) is 3.24. The molecule has 2 rings (SSSR count). The van der Waals surface area contributed by atoms with E-state index in [1.54, 1.807) is 0 Å². The Morgan fingerprint density at radius 2 is 2.50 bits per heavy atom. The smallest absolute Gasteiger partial charge is 0.0699 e. The Balaban J connectivity index is 2.26. The molecule has 2 bridgehead atoms. The highest BCUT2D eigenvalue weighted by Gasteiger charge is 2.47. The third kappa shape index (κ3) is 0.845. The molecule has 1 heteroatoms. The van der Waals surface area contributed by atoms with Gasteiger partial charge in [0, 0.05) is 0 Å². The van der Waals surface area contributed by atoms with Crippen LogP contribution in [0.15, 0.2) is 24.8 Å². The van der Waals surface area contributed by atoms with Crippen molar-refractivity contribution >= 4 is 0 Å². The average Bonchev–Trinajstić information content (AvgIpc) is 2.64. The van der Waals surface area contributed by atoms with Gasteiger partial charge in [0.1, 0.15) is 0 Å². The fourth-order valence-corrected chi connectivity index (χ4v) is 2.62. The summed E-state index contributed by atoms with van der Waals surface area (Å²) in [5.74, 6) is 1.18.